The van der Waals surface area contributed by atoms with Crippen molar-refractivity contribution in [2.24, 2.45) is 5.92 Å². The summed E-state index contributed by atoms with van der Waals surface area (Å²) in [6.45, 7) is 3.92. The van der Waals surface area contributed by atoms with Gasteiger partial charge >= 0.3 is 5.97 Å². The van der Waals surface area contributed by atoms with E-state index in [1.807, 2.05) is 25.6 Å². The Bertz CT molecular complexity index is 233. The molecule has 0 heterocycles. The molecule has 0 bridgehead atoms. The molecule has 2 N–H and O–H groups in total. The molecule has 0 aliphatic heterocycles. The van der Waals surface area contributed by atoms with Crippen LogP contribution in [-0.4, -0.2) is 34.7 Å². The van der Waals surface area contributed by atoms with E-state index in [1.54, 1.807) is 0 Å². The summed E-state index contributed by atoms with van der Waals surface area (Å²) in [5.41, 5.74) is 0. The minimum atomic E-state index is -0.722. The van der Waals surface area contributed by atoms with Gasteiger partial charge in [-0.2, -0.15) is 11.8 Å². The zero-order valence-corrected chi connectivity index (χ0v) is 11.2. The Morgan fingerprint density at radius 1 is 1.38 bits per heavy atom. The van der Waals surface area contributed by atoms with E-state index in [4.69, 9.17) is 5.11 Å². The van der Waals surface area contributed by atoms with Crippen LogP contribution in [0.3, 0.4) is 0 Å². The van der Waals surface area contributed by atoms with E-state index in [0.717, 1.165) is 6.42 Å². The number of aliphatic carboxylic acids is 1. The van der Waals surface area contributed by atoms with Crippen molar-refractivity contribution in [1.82, 2.24) is 5.32 Å². The molecule has 0 aromatic heterocycles. The number of hydrogen-bond acceptors (Lipinski definition) is 3. The molecule has 3 unspecified atom stereocenters. The van der Waals surface area contributed by atoms with Crippen LogP contribution >= 0.6 is 11.8 Å². The van der Waals surface area contributed by atoms with Crippen LogP contribution in [0.1, 0.15) is 39.5 Å². The number of carboxylic acids is 1. The quantitative estimate of drug-likeness (QED) is 0.780. The lowest BCUT2D eigenvalue weighted by Gasteiger charge is -2.34. The van der Waals surface area contributed by atoms with Crippen molar-refractivity contribution in [1.29, 1.82) is 0 Å². The van der Waals surface area contributed by atoms with Gasteiger partial charge in [-0.3, -0.25) is 4.79 Å². The Balaban J connectivity index is 2.58. The molecule has 0 aromatic carbocycles. The first-order valence-corrected chi connectivity index (χ1v) is 7.36. The Labute approximate surface area is 102 Å². The first-order chi connectivity index (χ1) is 7.56. The van der Waals surface area contributed by atoms with Crippen LogP contribution in [0.5, 0.6) is 0 Å². The summed E-state index contributed by atoms with van der Waals surface area (Å²) in [6, 6.07) is -0.0370. The van der Waals surface area contributed by atoms with Crippen LogP contribution in [0.15, 0.2) is 0 Å². The predicted molar refractivity (Wildman–Crippen MR) is 69.0 cm³/mol. The van der Waals surface area contributed by atoms with Gasteiger partial charge in [0.1, 0.15) is 6.04 Å². The molecule has 0 aromatic rings. The van der Waals surface area contributed by atoms with Crippen molar-refractivity contribution in [3.05, 3.63) is 0 Å². The fourth-order valence-corrected chi connectivity index (χ4v) is 3.29. The fourth-order valence-electron chi connectivity index (χ4n) is 2.35. The molecule has 1 aliphatic rings. The smallest absolute Gasteiger partial charge is 0.320 e. The van der Waals surface area contributed by atoms with Crippen LogP contribution in [0, 0.1) is 5.92 Å². The average Bonchev–Trinajstić information content (AvgIpc) is 2.25. The first kappa shape index (κ1) is 13.8. The van der Waals surface area contributed by atoms with Crippen molar-refractivity contribution in [3.8, 4) is 0 Å². The molecule has 0 spiro atoms. The monoisotopic (exact) mass is 245 g/mol. The minimum absolute atomic E-state index is 0.141. The predicted octanol–water partition coefficient (Wildman–Crippen LogP) is 2.36. The molecular formula is C12H23NO2S. The third-order valence-electron chi connectivity index (χ3n) is 3.33. The molecule has 3 atom stereocenters. The van der Waals surface area contributed by atoms with Gasteiger partial charge in [0.05, 0.1) is 0 Å². The summed E-state index contributed by atoms with van der Waals surface area (Å²) in [4.78, 5) is 11.1. The van der Waals surface area contributed by atoms with Gasteiger partial charge < -0.3 is 10.4 Å². The van der Waals surface area contributed by atoms with Gasteiger partial charge in [0, 0.05) is 11.3 Å². The van der Waals surface area contributed by atoms with Gasteiger partial charge in [0.15, 0.2) is 0 Å². The summed E-state index contributed by atoms with van der Waals surface area (Å²) in [7, 11) is 0. The number of thioether (sulfide) groups is 1. The number of carbonyl (C=O) groups is 1. The minimum Gasteiger partial charge on any atom is -0.480 e. The van der Waals surface area contributed by atoms with E-state index in [2.05, 4.69) is 11.6 Å². The van der Waals surface area contributed by atoms with E-state index in [1.165, 1.54) is 19.3 Å². The van der Waals surface area contributed by atoms with Crippen LogP contribution in [0.25, 0.3) is 0 Å². The maximum absolute atomic E-state index is 11.1. The van der Waals surface area contributed by atoms with E-state index < -0.39 is 12.0 Å². The van der Waals surface area contributed by atoms with Gasteiger partial charge in [-0.1, -0.05) is 26.7 Å². The van der Waals surface area contributed by atoms with Gasteiger partial charge in [0.2, 0.25) is 0 Å². The van der Waals surface area contributed by atoms with E-state index >= 15 is 0 Å². The highest BCUT2D eigenvalue weighted by Gasteiger charge is 2.30. The van der Waals surface area contributed by atoms with Crippen molar-refractivity contribution in [3.63, 3.8) is 0 Å². The van der Waals surface area contributed by atoms with Crippen molar-refractivity contribution in [2.45, 2.75) is 56.9 Å². The summed E-state index contributed by atoms with van der Waals surface area (Å²) >= 11 is 1.86. The summed E-state index contributed by atoms with van der Waals surface area (Å²) < 4.78 is 0. The van der Waals surface area contributed by atoms with Crippen LogP contribution in [0.4, 0.5) is 0 Å². The SMILES string of the molecule is CSC1CCCCC1NC(C(=O)O)C(C)C. The van der Waals surface area contributed by atoms with Gasteiger partial charge in [-0.15, -0.1) is 0 Å². The maximum Gasteiger partial charge on any atom is 0.320 e. The average molecular weight is 245 g/mol. The van der Waals surface area contributed by atoms with Crippen LogP contribution in [-0.2, 0) is 4.79 Å². The highest BCUT2D eigenvalue weighted by molar-refractivity contribution is 7.99. The Morgan fingerprint density at radius 2 is 2.00 bits per heavy atom. The van der Waals surface area contributed by atoms with Crippen molar-refractivity contribution < 1.29 is 9.90 Å². The third-order valence-corrected chi connectivity index (χ3v) is 4.50. The summed E-state index contributed by atoms with van der Waals surface area (Å²) in [5, 5.41) is 13.1. The highest BCUT2D eigenvalue weighted by Crippen LogP contribution is 2.27. The van der Waals surface area contributed by atoms with Crippen LogP contribution in [0.2, 0.25) is 0 Å². The second kappa shape index (κ2) is 6.50. The Kier molecular flexibility index (Phi) is 5.62. The third kappa shape index (κ3) is 3.67. The second-order valence-electron chi connectivity index (χ2n) is 4.89. The molecule has 16 heavy (non-hydrogen) atoms. The van der Waals surface area contributed by atoms with Crippen molar-refractivity contribution >= 4 is 17.7 Å². The lowest BCUT2D eigenvalue weighted by atomic mass is 9.92. The molecule has 0 radical (unpaired) electrons. The number of hydrogen-bond donors (Lipinski definition) is 2. The molecule has 0 saturated heterocycles. The first-order valence-electron chi connectivity index (χ1n) is 6.08. The number of nitrogens with one attached hydrogen (secondary N) is 1. The van der Waals surface area contributed by atoms with E-state index in [9.17, 15) is 4.79 Å². The molecule has 1 fully saturated rings. The standard InChI is InChI=1S/C12H23NO2S/c1-8(2)11(12(14)15)13-9-6-4-5-7-10(9)16-3/h8-11,13H,4-7H2,1-3H3,(H,14,15). The molecule has 1 rings (SSSR count). The van der Waals surface area contributed by atoms with E-state index in [-0.39, 0.29) is 5.92 Å². The molecule has 3 nitrogen and oxygen atoms in total. The summed E-state index contributed by atoms with van der Waals surface area (Å²) in [6.07, 6.45) is 6.95. The molecule has 0 amide bonds. The zero-order valence-electron chi connectivity index (χ0n) is 10.4. The topological polar surface area (TPSA) is 49.3 Å². The normalized spacial score (nSPS) is 28.0. The molecule has 1 saturated carbocycles. The molecule has 94 valence electrons. The second-order valence-corrected chi connectivity index (χ2v) is 5.97. The zero-order chi connectivity index (χ0) is 12.1. The van der Waals surface area contributed by atoms with E-state index in [0.29, 0.717) is 11.3 Å². The van der Waals surface area contributed by atoms with Gasteiger partial charge in [0.25, 0.3) is 0 Å². The van der Waals surface area contributed by atoms with Crippen molar-refractivity contribution in [2.75, 3.05) is 6.26 Å². The van der Waals surface area contributed by atoms with Gasteiger partial charge in [-0.05, 0) is 25.0 Å². The molecule has 1 aliphatic carbocycles. The van der Waals surface area contributed by atoms with Crippen LogP contribution < -0.4 is 5.32 Å². The Hall–Kier alpha value is -0.220. The largest absolute Gasteiger partial charge is 0.480 e. The Morgan fingerprint density at radius 3 is 2.50 bits per heavy atom. The molecular weight excluding hydrogens is 222 g/mol. The highest BCUT2D eigenvalue weighted by atomic mass is 32.2. The number of carboxylic acid groups (broad SMARTS) is 1. The fraction of sp³-hybridized carbons (Fsp3) is 0.917. The lowest BCUT2D eigenvalue weighted by molar-refractivity contribution is -0.141. The number of rotatable bonds is 5. The maximum atomic E-state index is 11.1. The lowest BCUT2D eigenvalue weighted by Crippen LogP contribution is -2.51. The van der Waals surface area contributed by atoms with Gasteiger partial charge in [-0.25, -0.2) is 0 Å². The summed E-state index contributed by atoms with van der Waals surface area (Å²) in [5.74, 6) is -0.581. The molecule has 4 heteroatoms.